The van der Waals surface area contributed by atoms with Crippen molar-refractivity contribution in [3.05, 3.63) is 53.4 Å². The van der Waals surface area contributed by atoms with Crippen molar-refractivity contribution in [1.82, 2.24) is 29.9 Å². The quantitative estimate of drug-likeness (QED) is 0.617. The fourth-order valence-electron chi connectivity index (χ4n) is 3.94. The number of likely N-dealkylation sites (N-methyl/N-ethyl adjacent to an activating group) is 1. The van der Waals surface area contributed by atoms with Gasteiger partial charge in [0.2, 0.25) is 5.91 Å². The molecule has 0 unspecified atom stereocenters. The number of carbonyl (C=O) groups excluding carboxylic acids is 2. The Labute approximate surface area is 194 Å². The molecule has 9 heteroatoms. The van der Waals surface area contributed by atoms with Crippen LogP contribution in [0, 0.1) is 5.92 Å². The maximum Gasteiger partial charge on any atom is 0.282 e. The third kappa shape index (κ3) is 6.71. The number of hydrogen-bond acceptors (Lipinski definition) is 5. The Balaban J connectivity index is 1.74. The van der Waals surface area contributed by atoms with E-state index >= 15 is 0 Å². The van der Waals surface area contributed by atoms with Gasteiger partial charge in [0.25, 0.3) is 5.91 Å². The minimum absolute atomic E-state index is 0.0819. The second-order valence-corrected chi connectivity index (χ2v) is 9.06. The van der Waals surface area contributed by atoms with E-state index in [1.165, 1.54) is 11.0 Å². The molecule has 2 amide bonds. The Kier molecular flexibility index (Phi) is 8.32. The molecule has 1 aliphatic rings. The van der Waals surface area contributed by atoms with Gasteiger partial charge in [-0.25, -0.2) is 4.39 Å². The fraction of sp³-hybridized carbons (Fsp3) is 0.500. The van der Waals surface area contributed by atoms with Gasteiger partial charge in [-0.15, -0.1) is 10.2 Å². The van der Waals surface area contributed by atoms with Gasteiger partial charge in [-0.1, -0.05) is 44.2 Å². The number of halogens is 1. The van der Waals surface area contributed by atoms with Gasteiger partial charge in [-0.05, 0) is 38.1 Å². The van der Waals surface area contributed by atoms with Crippen molar-refractivity contribution < 1.29 is 14.0 Å². The van der Waals surface area contributed by atoms with Crippen LogP contribution in [0.2, 0.25) is 0 Å². The molecule has 0 spiro atoms. The summed E-state index contributed by atoms with van der Waals surface area (Å²) in [5, 5.41) is 11.8. The molecule has 0 saturated heterocycles. The number of benzene rings is 1. The first-order chi connectivity index (χ1) is 15.7. The molecular weight excluding hydrogens is 423 g/mol. The van der Waals surface area contributed by atoms with Gasteiger partial charge < -0.3 is 19.7 Å². The number of nitrogens with zero attached hydrogens (tertiary/aromatic N) is 5. The van der Waals surface area contributed by atoms with Crippen molar-refractivity contribution in [2.75, 3.05) is 33.7 Å². The van der Waals surface area contributed by atoms with Gasteiger partial charge >= 0.3 is 0 Å². The molecule has 1 aromatic carbocycles. The topological polar surface area (TPSA) is 83.4 Å². The van der Waals surface area contributed by atoms with E-state index in [2.05, 4.69) is 29.4 Å². The van der Waals surface area contributed by atoms with Crippen LogP contribution in [0.5, 0.6) is 0 Å². The molecule has 3 rings (SSSR count). The Morgan fingerprint density at radius 3 is 2.55 bits per heavy atom. The summed E-state index contributed by atoms with van der Waals surface area (Å²) in [6.45, 7) is 5.60. The highest BCUT2D eigenvalue weighted by atomic mass is 19.1. The maximum absolute atomic E-state index is 14.6. The van der Waals surface area contributed by atoms with Gasteiger partial charge in [-0.3, -0.25) is 9.59 Å². The first-order valence-corrected chi connectivity index (χ1v) is 11.3. The zero-order chi connectivity index (χ0) is 24.0. The molecule has 1 aliphatic heterocycles. The third-order valence-electron chi connectivity index (χ3n) is 5.45. The summed E-state index contributed by atoms with van der Waals surface area (Å²) in [6.07, 6.45) is 2.45. The van der Waals surface area contributed by atoms with Crippen LogP contribution in [0.25, 0.3) is 6.08 Å². The van der Waals surface area contributed by atoms with Crippen LogP contribution in [-0.4, -0.2) is 70.1 Å². The molecule has 0 radical (unpaired) electrons. The Bertz CT molecular complexity index is 986. The van der Waals surface area contributed by atoms with Crippen LogP contribution >= 0.6 is 0 Å². The first kappa shape index (κ1) is 24.6. The molecule has 8 nitrogen and oxygen atoms in total. The number of amides is 2. The lowest BCUT2D eigenvalue weighted by Crippen LogP contribution is -2.38. The van der Waals surface area contributed by atoms with Crippen LogP contribution < -0.4 is 5.32 Å². The molecule has 0 saturated carbocycles. The highest BCUT2D eigenvalue weighted by molar-refractivity contribution is 5.95. The van der Waals surface area contributed by atoms with E-state index in [1.807, 2.05) is 29.6 Å². The smallest absolute Gasteiger partial charge is 0.282 e. The molecule has 0 fully saturated rings. The van der Waals surface area contributed by atoms with Crippen molar-refractivity contribution in [3.8, 4) is 0 Å². The van der Waals surface area contributed by atoms with Gasteiger partial charge in [0.15, 0.2) is 11.7 Å². The van der Waals surface area contributed by atoms with Crippen LogP contribution in [-0.2, 0) is 22.6 Å². The molecule has 0 bridgehead atoms. The summed E-state index contributed by atoms with van der Waals surface area (Å²) < 4.78 is 16.6. The highest BCUT2D eigenvalue weighted by Gasteiger charge is 2.28. The predicted molar refractivity (Wildman–Crippen MR) is 125 cm³/mol. The Morgan fingerprint density at radius 2 is 1.88 bits per heavy atom. The minimum atomic E-state index is -0.785. The van der Waals surface area contributed by atoms with Gasteiger partial charge in [0, 0.05) is 26.1 Å². The van der Waals surface area contributed by atoms with E-state index < -0.39 is 11.7 Å². The summed E-state index contributed by atoms with van der Waals surface area (Å²) in [6, 6.07) is 8.66. The summed E-state index contributed by atoms with van der Waals surface area (Å²) >= 11 is 0. The molecule has 33 heavy (non-hydrogen) atoms. The fourth-order valence-corrected chi connectivity index (χ4v) is 3.94. The SMILES string of the molecule is CC(C)C[C@@H](NC(=O)CN(C)C)c1nnc2n1CCN(C(=O)/C(F)=C/c1ccccc1)CC2. The van der Waals surface area contributed by atoms with E-state index in [-0.39, 0.29) is 18.5 Å². The number of carbonyl (C=O) groups is 2. The number of hydrogen-bond donors (Lipinski definition) is 1. The number of rotatable bonds is 8. The van der Waals surface area contributed by atoms with Gasteiger partial charge in [0.05, 0.1) is 12.6 Å². The number of aromatic nitrogens is 3. The average Bonchev–Trinajstić information content (AvgIpc) is 3.04. The highest BCUT2D eigenvalue weighted by Crippen LogP contribution is 2.23. The molecule has 178 valence electrons. The molecule has 1 atom stereocenters. The Hall–Kier alpha value is -3.07. The second kappa shape index (κ2) is 11.2. The molecule has 2 aromatic rings. The van der Waals surface area contributed by atoms with E-state index in [0.717, 1.165) is 5.82 Å². The number of nitrogens with one attached hydrogen (secondary N) is 1. The average molecular weight is 457 g/mol. The lowest BCUT2D eigenvalue weighted by molar-refractivity contribution is -0.128. The molecular formula is C24H33FN6O2. The van der Waals surface area contributed by atoms with Crippen LogP contribution in [0.4, 0.5) is 4.39 Å². The summed E-state index contributed by atoms with van der Waals surface area (Å²) in [4.78, 5) is 28.5. The normalized spacial score (nSPS) is 15.4. The third-order valence-corrected chi connectivity index (χ3v) is 5.45. The van der Waals surface area contributed by atoms with Crippen molar-refractivity contribution in [2.45, 2.75) is 39.3 Å². The summed E-state index contributed by atoms with van der Waals surface area (Å²) in [5.74, 6) is 0.263. The van der Waals surface area contributed by atoms with Gasteiger partial charge in [-0.2, -0.15) is 0 Å². The lowest BCUT2D eigenvalue weighted by atomic mass is 10.0. The van der Waals surface area contributed by atoms with E-state index in [4.69, 9.17) is 0 Å². The van der Waals surface area contributed by atoms with E-state index in [1.54, 1.807) is 24.3 Å². The standard InChI is InChI=1S/C24H33FN6O2/c1-17(2)14-20(26-22(32)16-29(3)4)23-28-27-21-10-11-30(12-13-31(21)23)24(33)19(25)15-18-8-6-5-7-9-18/h5-9,15,17,20H,10-14,16H2,1-4H3,(H,26,32)/b19-15-/t20-/m1/s1. The molecule has 1 aromatic heterocycles. The van der Waals surface area contributed by atoms with Crippen molar-refractivity contribution in [3.63, 3.8) is 0 Å². The van der Waals surface area contributed by atoms with Gasteiger partial charge in [0.1, 0.15) is 5.82 Å². The first-order valence-electron chi connectivity index (χ1n) is 11.3. The second-order valence-electron chi connectivity index (χ2n) is 9.06. The maximum atomic E-state index is 14.6. The molecule has 0 aliphatic carbocycles. The predicted octanol–water partition coefficient (Wildman–Crippen LogP) is 2.44. The summed E-state index contributed by atoms with van der Waals surface area (Å²) in [7, 11) is 3.69. The van der Waals surface area contributed by atoms with Crippen LogP contribution in [0.15, 0.2) is 36.2 Å². The van der Waals surface area contributed by atoms with Crippen LogP contribution in [0.1, 0.15) is 43.5 Å². The summed E-state index contributed by atoms with van der Waals surface area (Å²) in [5.41, 5.74) is 0.641. The lowest BCUT2D eigenvalue weighted by Gasteiger charge is -2.23. The van der Waals surface area contributed by atoms with Crippen molar-refractivity contribution in [1.29, 1.82) is 0 Å². The van der Waals surface area contributed by atoms with E-state index in [0.29, 0.717) is 49.8 Å². The largest absolute Gasteiger partial charge is 0.345 e. The zero-order valence-corrected chi connectivity index (χ0v) is 19.8. The number of fused-ring (bicyclic) bond motifs is 1. The van der Waals surface area contributed by atoms with Crippen LogP contribution in [0.3, 0.4) is 0 Å². The Morgan fingerprint density at radius 1 is 1.15 bits per heavy atom. The monoisotopic (exact) mass is 456 g/mol. The van der Waals surface area contributed by atoms with Crippen molar-refractivity contribution in [2.24, 2.45) is 5.92 Å². The van der Waals surface area contributed by atoms with Crippen molar-refractivity contribution >= 4 is 17.9 Å². The minimum Gasteiger partial charge on any atom is -0.345 e. The molecule has 1 N–H and O–H groups in total. The van der Waals surface area contributed by atoms with E-state index in [9.17, 15) is 14.0 Å². The zero-order valence-electron chi connectivity index (χ0n) is 19.8. The molecule has 2 heterocycles.